The van der Waals surface area contributed by atoms with Crippen molar-refractivity contribution in [2.75, 3.05) is 19.8 Å². The lowest BCUT2D eigenvalue weighted by Crippen LogP contribution is -2.17. The van der Waals surface area contributed by atoms with Gasteiger partial charge in [0.15, 0.2) is 0 Å². The van der Waals surface area contributed by atoms with Crippen molar-refractivity contribution in [3.8, 4) is 0 Å². The van der Waals surface area contributed by atoms with Crippen molar-refractivity contribution in [2.24, 2.45) is 17.6 Å². The van der Waals surface area contributed by atoms with Gasteiger partial charge in [-0.05, 0) is 31.2 Å². The summed E-state index contributed by atoms with van der Waals surface area (Å²) < 4.78 is 5.43. The van der Waals surface area contributed by atoms with Crippen LogP contribution >= 0.6 is 12.4 Å². The molecule has 3 heteroatoms. The van der Waals surface area contributed by atoms with E-state index in [1.807, 2.05) is 0 Å². The zero-order valence-electron chi connectivity index (χ0n) is 7.08. The molecule has 0 spiro atoms. The molecule has 1 rings (SSSR count). The first kappa shape index (κ1) is 11.2. The van der Waals surface area contributed by atoms with Gasteiger partial charge in [-0.1, -0.05) is 6.92 Å². The third-order valence-electron chi connectivity index (χ3n) is 1.86. The molecule has 0 amide bonds. The third kappa shape index (κ3) is 5.48. The molecule has 1 aliphatic rings. The van der Waals surface area contributed by atoms with Crippen LogP contribution in [0.1, 0.15) is 19.8 Å². The molecule has 1 saturated carbocycles. The minimum absolute atomic E-state index is 0. The van der Waals surface area contributed by atoms with E-state index in [2.05, 4.69) is 6.92 Å². The molecule has 0 aromatic carbocycles. The predicted molar refractivity (Wildman–Crippen MR) is 49.0 cm³/mol. The quantitative estimate of drug-likeness (QED) is 0.693. The van der Waals surface area contributed by atoms with Crippen LogP contribution in [0.25, 0.3) is 0 Å². The Morgan fingerprint density at radius 1 is 1.55 bits per heavy atom. The number of halogens is 1. The zero-order chi connectivity index (χ0) is 7.40. The molecule has 2 nitrogen and oxygen atoms in total. The van der Waals surface area contributed by atoms with Crippen molar-refractivity contribution in [1.29, 1.82) is 0 Å². The fourth-order valence-corrected chi connectivity index (χ4v) is 0.788. The molecule has 0 bridgehead atoms. The Kier molecular flexibility index (Phi) is 5.92. The lowest BCUT2D eigenvalue weighted by molar-refractivity contribution is 0.0985. The van der Waals surface area contributed by atoms with Crippen LogP contribution in [0, 0.1) is 11.8 Å². The Balaban J connectivity index is 0.000001000. The van der Waals surface area contributed by atoms with E-state index < -0.39 is 0 Å². The average Bonchev–Trinajstić information content (AvgIpc) is 2.71. The zero-order valence-corrected chi connectivity index (χ0v) is 7.90. The van der Waals surface area contributed by atoms with Gasteiger partial charge in [0.2, 0.25) is 0 Å². The van der Waals surface area contributed by atoms with E-state index in [4.69, 9.17) is 10.5 Å². The van der Waals surface area contributed by atoms with Crippen LogP contribution in [0.3, 0.4) is 0 Å². The average molecular weight is 180 g/mol. The summed E-state index contributed by atoms with van der Waals surface area (Å²) in [7, 11) is 0. The summed E-state index contributed by atoms with van der Waals surface area (Å²) in [6, 6.07) is 0. The minimum Gasteiger partial charge on any atom is -0.381 e. The molecule has 1 aliphatic carbocycles. The molecule has 0 radical (unpaired) electrons. The van der Waals surface area contributed by atoms with Crippen molar-refractivity contribution in [3.05, 3.63) is 0 Å². The summed E-state index contributed by atoms with van der Waals surface area (Å²) in [5.74, 6) is 1.41. The van der Waals surface area contributed by atoms with Gasteiger partial charge in [0.25, 0.3) is 0 Å². The first-order valence-electron chi connectivity index (χ1n) is 4.10. The second kappa shape index (κ2) is 5.81. The first-order valence-corrected chi connectivity index (χ1v) is 4.10. The highest BCUT2D eigenvalue weighted by molar-refractivity contribution is 5.85. The summed E-state index contributed by atoms with van der Waals surface area (Å²) in [5, 5.41) is 0. The van der Waals surface area contributed by atoms with E-state index in [0.717, 1.165) is 25.7 Å². The summed E-state index contributed by atoms with van der Waals surface area (Å²) in [6.07, 6.45) is 2.74. The van der Waals surface area contributed by atoms with E-state index in [9.17, 15) is 0 Å². The normalized spacial score (nSPS) is 19.1. The monoisotopic (exact) mass is 179 g/mol. The van der Waals surface area contributed by atoms with Crippen molar-refractivity contribution < 1.29 is 4.74 Å². The number of hydrogen-bond donors (Lipinski definition) is 1. The lowest BCUT2D eigenvalue weighted by Gasteiger charge is -2.07. The van der Waals surface area contributed by atoms with E-state index in [-0.39, 0.29) is 12.4 Å². The van der Waals surface area contributed by atoms with Gasteiger partial charge in [0.1, 0.15) is 0 Å². The maximum absolute atomic E-state index is 5.43. The molecule has 0 aromatic rings. The summed E-state index contributed by atoms with van der Waals surface area (Å²) in [6.45, 7) is 4.66. The second-order valence-corrected chi connectivity index (χ2v) is 3.32. The van der Waals surface area contributed by atoms with Crippen LogP contribution < -0.4 is 5.73 Å². The molecule has 68 valence electrons. The SMILES string of the molecule is CC(CN)COCC1CC1.Cl. The van der Waals surface area contributed by atoms with E-state index in [1.165, 1.54) is 12.8 Å². The van der Waals surface area contributed by atoms with Crippen LogP contribution in [0.5, 0.6) is 0 Å². The van der Waals surface area contributed by atoms with Gasteiger partial charge in [0.05, 0.1) is 6.61 Å². The summed E-state index contributed by atoms with van der Waals surface area (Å²) >= 11 is 0. The van der Waals surface area contributed by atoms with Crippen LogP contribution in [-0.2, 0) is 4.74 Å². The van der Waals surface area contributed by atoms with Gasteiger partial charge >= 0.3 is 0 Å². The maximum atomic E-state index is 5.43. The molecule has 0 aromatic heterocycles. The van der Waals surface area contributed by atoms with E-state index in [0.29, 0.717) is 5.92 Å². The highest BCUT2D eigenvalue weighted by atomic mass is 35.5. The third-order valence-corrected chi connectivity index (χ3v) is 1.86. The summed E-state index contributed by atoms with van der Waals surface area (Å²) in [4.78, 5) is 0. The van der Waals surface area contributed by atoms with E-state index in [1.54, 1.807) is 0 Å². The Hall–Kier alpha value is 0.210. The highest BCUT2D eigenvalue weighted by Crippen LogP contribution is 2.28. The van der Waals surface area contributed by atoms with Gasteiger partial charge in [-0.25, -0.2) is 0 Å². The smallest absolute Gasteiger partial charge is 0.0503 e. The fourth-order valence-electron chi connectivity index (χ4n) is 0.788. The van der Waals surface area contributed by atoms with Crippen LogP contribution in [0.15, 0.2) is 0 Å². The Bertz CT molecular complexity index is 96.1. The van der Waals surface area contributed by atoms with Crippen LogP contribution in [-0.4, -0.2) is 19.8 Å². The lowest BCUT2D eigenvalue weighted by atomic mass is 10.2. The van der Waals surface area contributed by atoms with Gasteiger partial charge in [-0.2, -0.15) is 0 Å². The molecule has 1 unspecified atom stereocenters. The number of hydrogen-bond acceptors (Lipinski definition) is 2. The fraction of sp³-hybridized carbons (Fsp3) is 1.00. The van der Waals surface area contributed by atoms with Crippen molar-refractivity contribution in [1.82, 2.24) is 0 Å². The Labute approximate surface area is 74.9 Å². The molecule has 1 fully saturated rings. The largest absolute Gasteiger partial charge is 0.381 e. The second-order valence-electron chi connectivity index (χ2n) is 3.32. The minimum atomic E-state index is 0. The Morgan fingerprint density at radius 2 is 2.18 bits per heavy atom. The van der Waals surface area contributed by atoms with Crippen molar-refractivity contribution >= 4 is 12.4 Å². The Morgan fingerprint density at radius 3 is 2.64 bits per heavy atom. The van der Waals surface area contributed by atoms with Crippen LogP contribution in [0.2, 0.25) is 0 Å². The predicted octanol–water partition coefficient (Wildman–Crippen LogP) is 1.43. The highest BCUT2D eigenvalue weighted by Gasteiger charge is 2.21. The van der Waals surface area contributed by atoms with Crippen LogP contribution in [0.4, 0.5) is 0 Å². The molecular weight excluding hydrogens is 162 g/mol. The van der Waals surface area contributed by atoms with Crippen molar-refractivity contribution in [3.63, 3.8) is 0 Å². The van der Waals surface area contributed by atoms with Gasteiger partial charge in [-0.15, -0.1) is 12.4 Å². The number of nitrogens with two attached hydrogens (primary N) is 1. The molecule has 0 heterocycles. The first-order chi connectivity index (χ1) is 4.83. The summed E-state index contributed by atoms with van der Waals surface area (Å²) in [5.41, 5.74) is 5.42. The van der Waals surface area contributed by atoms with E-state index >= 15 is 0 Å². The number of rotatable bonds is 5. The molecule has 0 saturated heterocycles. The molecule has 1 atom stereocenters. The number of ether oxygens (including phenoxy) is 1. The molecule has 11 heavy (non-hydrogen) atoms. The van der Waals surface area contributed by atoms with Crippen molar-refractivity contribution in [2.45, 2.75) is 19.8 Å². The molecular formula is C8H18ClNO. The molecule has 0 aliphatic heterocycles. The topological polar surface area (TPSA) is 35.2 Å². The van der Waals surface area contributed by atoms with Gasteiger partial charge < -0.3 is 10.5 Å². The van der Waals surface area contributed by atoms with Gasteiger partial charge in [0, 0.05) is 6.61 Å². The van der Waals surface area contributed by atoms with Gasteiger partial charge in [-0.3, -0.25) is 0 Å². The standard InChI is InChI=1S/C8H17NO.ClH/c1-7(4-9)5-10-6-8-2-3-8;/h7-8H,2-6,9H2,1H3;1H. The molecule has 2 N–H and O–H groups in total. The maximum Gasteiger partial charge on any atom is 0.0503 e.